The summed E-state index contributed by atoms with van der Waals surface area (Å²) in [4.78, 5) is 11.8. The molecule has 2 N–H and O–H groups in total. The highest BCUT2D eigenvalue weighted by Gasteiger charge is 2.19. The van der Waals surface area contributed by atoms with E-state index in [1.807, 2.05) is 43.3 Å². The fourth-order valence-corrected chi connectivity index (χ4v) is 2.15. The van der Waals surface area contributed by atoms with E-state index >= 15 is 0 Å². The van der Waals surface area contributed by atoms with Crippen LogP contribution in [-0.4, -0.2) is 30.3 Å². The minimum Gasteiger partial charge on any atom is -0.491 e. The first-order valence-electron chi connectivity index (χ1n) is 6.95. The van der Waals surface area contributed by atoms with Gasteiger partial charge in [0.25, 0.3) is 0 Å². The SMILES string of the molecule is Cc1cccc(OCC(O)CNC(=O)C2CC=CC2)c1. The van der Waals surface area contributed by atoms with Crippen LogP contribution in [0.25, 0.3) is 0 Å². The fourth-order valence-electron chi connectivity index (χ4n) is 2.15. The van der Waals surface area contributed by atoms with Crippen LogP contribution < -0.4 is 10.1 Å². The van der Waals surface area contributed by atoms with Crippen LogP contribution in [0.2, 0.25) is 0 Å². The molecule has 0 heterocycles. The second-order valence-electron chi connectivity index (χ2n) is 5.17. The molecule has 0 aromatic heterocycles. The number of aryl methyl sites for hydroxylation is 1. The molecule has 1 aliphatic rings. The highest BCUT2D eigenvalue weighted by Crippen LogP contribution is 2.17. The van der Waals surface area contributed by atoms with Crippen molar-refractivity contribution in [2.45, 2.75) is 25.9 Å². The quantitative estimate of drug-likeness (QED) is 0.779. The van der Waals surface area contributed by atoms with Crippen LogP contribution in [0.1, 0.15) is 18.4 Å². The molecule has 0 saturated carbocycles. The average molecular weight is 275 g/mol. The molecule has 20 heavy (non-hydrogen) atoms. The smallest absolute Gasteiger partial charge is 0.223 e. The van der Waals surface area contributed by atoms with Crippen LogP contribution in [0, 0.1) is 12.8 Å². The van der Waals surface area contributed by atoms with Gasteiger partial charge in [0.05, 0.1) is 0 Å². The predicted molar refractivity (Wildman–Crippen MR) is 77.6 cm³/mol. The van der Waals surface area contributed by atoms with Gasteiger partial charge >= 0.3 is 0 Å². The molecule has 0 saturated heterocycles. The Labute approximate surface area is 119 Å². The lowest BCUT2D eigenvalue weighted by molar-refractivity contribution is -0.125. The van der Waals surface area contributed by atoms with Gasteiger partial charge in [-0.15, -0.1) is 0 Å². The lowest BCUT2D eigenvalue weighted by Crippen LogP contribution is -2.38. The second-order valence-corrected chi connectivity index (χ2v) is 5.17. The van der Waals surface area contributed by atoms with Crippen LogP contribution in [0.3, 0.4) is 0 Å². The fraction of sp³-hybridized carbons (Fsp3) is 0.438. The van der Waals surface area contributed by atoms with E-state index in [2.05, 4.69) is 5.32 Å². The van der Waals surface area contributed by atoms with E-state index < -0.39 is 6.10 Å². The van der Waals surface area contributed by atoms with E-state index in [9.17, 15) is 9.90 Å². The zero-order chi connectivity index (χ0) is 14.4. The lowest BCUT2D eigenvalue weighted by atomic mass is 10.1. The van der Waals surface area contributed by atoms with Gasteiger partial charge in [0, 0.05) is 12.5 Å². The van der Waals surface area contributed by atoms with Crippen molar-refractivity contribution in [2.24, 2.45) is 5.92 Å². The molecule has 4 heteroatoms. The highest BCUT2D eigenvalue weighted by atomic mass is 16.5. The number of ether oxygens (including phenoxy) is 1. The van der Waals surface area contributed by atoms with Crippen molar-refractivity contribution >= 4 is 5.91 Å². The summed E-state index contributed by atoms with van der Waals surface area (Å²) in [6, 6.07) is 7.66. The van der Waals surface area contributed by atoms with E-state index in [-0.39, 0.29) is 25.0 Å². The third-order valence-corrected chi connectivity index (χ3v) is 3.32. The molecule has 1 amide bonds. The molecule has 2 rings (SSSR count). The van der Waals surface area contributed by atoms with Crippen LogP contribution in [-0.2, 0) is 4.79 Å². The molecule has 108 valence electrons. The average Bonchev–Trinajstić information content (AvgIpc) is 2.97. The molecule has 1 aromatic carbocycles. The maximum absolute atomic E-state index is 11.8. The third kappa shape index (κ3) is 4.38. The molecule has 0 aliphatic heterocycles. The third-order valence-electron chi connectivity index (χ3n) is 3.32. The Kier molecular flexibility index (Phi) is 5.18. The Morgan fingerprint density at radius 1 is 1.45 bits per heavy atom. The summed E-state index contributed by atoms with van der Waals surface area (Å²) < 4.78 is 5.49. The number of amides is 1. The minimum absolute atomic E-state index is 0.00426. The molecule has 0 spiro atoms. The van der Waals surface area contributed by atoms with Crippen LogP contribution >= 0.6 is 0 Å². The molecule has 4 nitrogen and oxygen atoms in total. The van der Waals surface area contributed by atoms with Gasteiger partial charge in [0.2, 0.25) is 5.91 Å². The van der Waals surface area contributed by atoms with E-state index in [1.54, 1.807) is 0 Å². The minimum atomic E-state index is -0.700. The Morgan fingerprint density at radius 3 is 2.90 bits per heavy atom. The largest absolute Gasteiger partial charge is 0.491 e. The predicted octanol–water partition coefficient (Wildman–Crippen LogP) is 1.82. The molecule has 1 unspecified atom stereocenters. The molecule has 1 atom stereocenters. The van der Waals surface area contributed by atoms with Gasteiger partial charge in [0.1, 0.15) is 18.5 Å². The molecule has 0 radical (unpaired) electrons. The Hall–Kier alpha value is -1.81. The Morgan fingerprint density at radius 2 is 2.20 bits per heavy atom. The summed E-state index contributed by atoms with van der Waals surface area (Å²) in [5.74, 6) is 0.764. The van der Waals surface area contributed by atoms with Crippen LogP contribution in [0.5, 0.6) is 5.75 Å². The maximum atomic E-state index is 11.8. The maximum Gasteiger partial charge on any atom is 0.223 e. The van der Waals surface area contributed by atoms with Gasteiger partial charge in [-0.2, -0.15) is 0 Å². The van der Waals surface area contributed by atoms with E-state index in [0.717, 1.165) is 24.2 Å². The van der Waals surface area contributed by atoms with Gasteiger partial charge in [-0.25, -0.2) is 0 Å². The van der Waals surface area contributed by atoms with Gasteiger partial charge in [-0.3, -0.25) is 4.79 Å². The number of hydrogen-bond donors (Lipinski definition) is 2. The number of nitrogens with one attached hydrogen (secondary N) is 1. The van der Waals surface area contributed by atoms with E-state index in [0.29, 0.717) is 0 Å². The number of rotatable bonds is 6. The summed E-state index contributed by atoms with van der Waals surface area (Å²) in [5, 5.41) is 12.6. The topological polar surface area (TPSA) is 58.6 Å². The number of aliphatic hydroxyl groups excluding tert-OH is 1. The normalized spacial score (nSPS) is 16.1. The summed E-state index contributed by atoms with van der Waals surface area (Å²) in [5.41, 5.74) is 1.11. The molecular formula is C16H21NO3. The molecule has 1 aliphatic carbocycles. The molecule has 1 aromatic rings. The Balaban J connectivity index is 1.67. The molecular weight excluding hydrogens is 254 g/mol. The number of allylic oxidation sites excluding steroid dienone is 2. The summed E-state index contributed by atoms with van der Waals surface area (Å²) in [6.45, 7) is 2.38. The highest BCUT2D eigenvalue weighted by molar-refractivity contribution is 5.79. The van der Waals surface area contributed by atoms with Gasteiger partial charge in [0.15, 0.2) is 0 Å². The zero-order valence-corrected chi connectivity index (χ0v) is 11.7. The van der Waals surface area contributed by atoms with E-state index in [1.165, 1.54) is 0 Å². The lowest BCUT2D eigenvalue weighted by Gasteiger charge is -2.15. The number of aliphatic hydroxyl groups is 1. The number of carbonyl (C=O) groups is 1. The van der Waals surface area contributed by atoms with Gasteiger partial charge in [-0.05, 0) is 37.5 Å². The van der Waals surface area contributed by atoms with Crippen molar-refractivity contribution in [1.29, 1.82) is 0 Å². The second kappa shape index (κ2) is 7.10. The number of carbonyl (C=O) groups excluding carboxylic acids is 1. The monoisotopic (exact) mass is 275 g/mol. The van der Waals surface area contributed by atoms with Crippen molar-refractivity contribution in [3.8, 4) is 5.75 Å². The van der Waals surface area contributed by atoms with E-state index in [4.69, 9.17) is 4.74 Å². The molecule has 0 fully saturated rings. The first kappa shape index (κ1) is 14.6. The van der Waals surface area contributed by atoms with Gasteiger partial charge in [-0.1, -0.05) is 24.3 Å². The van der Waals surface area contributed by atoms with Crippen molar-refractivity contribution in [1.82, 2.24) is 5.32 Å². The van der Waals surface area contributed by atoms with Gasteiger partial charge < -0.3 is 15.2 Å². The van der Waals surface area contributed by atoms with Crippen LogP contribution in [0.15, 0.2) is 36.4 Å². The summed E-state index contributed by atoms with van der Waals surface area (Å²) in [7, 11) is 0. The van der Waals surface area contributed by atoms with Crippen molar-refractivity contribution in [2.75, 3.05) is 13.2 Å². The van der Waals surface area contributed by atoms with Crippen molar-refractivity contribution in [3.63, 3.8) is 0 Å². The first-order chi connectivity index (χ1) is 9.65. The molecule has 0 bridgehead atoms. The Bertz CT molecular complexity index is 476. The number of hydrogen-bond acceptors (Lipinski definition) is 3. The standard InChI is InChI=1S/C16H21NO3/c1-12-5-4-8-15(9-12)20-11-14(18)10-17-16(19)13-6-2-3-7-13/h2-5,8-9,13-14,18H,6-7,10-11H2,1H3,(H,17,19). The summed E-state index contributed by atoms with van der Waals surface area (Å²) >= 11 is 0. The van der Waals surface area contributed by atoms with Crippen molar-refractivity contribution in [3.05, 3.63) is 42.0 Å². The zero-order valence-electron chi connectivity index (χ0n) is 11.7. The van der Waals surface area contributed by atoms with Crippen LogP contribution in [0.4, 0.5) is 0 Å². The first-order valence-corrected chi connectivity index (χ1v) is 6.95. The number of benzene rings is 1. The van der Waals surface area contributed by atoms with Crippen molar-refractivity contribution < 1.29 is 14.6 Å². The summed E-state index contributed by atoms with van der Waals surface area (Å²) in [6.07, 6.45) is 4.92.